The fourth-order valence-corrected chi connectivity index (χ4v) is 4.71. The summed E-state index contributed by atoms with van der Waals surface area (Å²) < 4.78 is 0.986. The highest BCUT2D eigenvalue weighted by Gasteiger charge is 2.37. The molecule has 0 aromatic carbocycles. The van der Waals surface area contributed by atoms with Crippen LogP contribution >= 0.6 is 11.8 Å². The number of allylic oxidation sites excluding steroid dienone is 2. The third-order valence-corrected chi connectivity index (χ3v) is 5.69. The van der Waals surface area contributed by atoms with Gasteiger partial charge in [0.15, 0.2) is 0 Å². The molecule has 3 aliphatic rings. The van der Waals surface area contributed by atoms with Gasteiger partial charge in [-0.3, -0.25) is 0 Å². The molecule has 0 bridgehead atoms. The van der Waals surface area contributed by atoms with Crippen LogP contribution in [0.15, 0.2) is 47.7 Å². The van der Waals surface area contributed by atoms with Crippen molar-refractivity contribution >= 4 is 17.9 Å². The SMILES string of the molecule is O=C(O)n1ccc(C2CC3=C4C=CC=CC4NCC3S2)n1. The Hall–Kier alpha value is -1.79. The monoisotopic (exact) mass is 301 g/mol. The molecule has 6 heteroatoms. The van der Waals surface area contributed by atoms with E-state index in [0.717, 1.165) is 23.3 Å². The molecule has 1 aromatic heterocycles. The van der Waals surface area contributed by atoms with Gasteiger partial charge in [-0.1, -0.05) is 24.3 Å². The smallest absolute Gasteiger partial charge is 0.432 e. The molecule has 108 valence electrons. The first-order chi connectivity index (χ1) is 10.2. The van der Waals surface area contributed by atoms with E-state index < -0.39 is 6.09 Å². The van der Waals surface area contributed by atoms with Crippen LogP contribution in [-0.4, -0.2) is 38.8 Å². The van der Waals surface area contributed by atoms with Gasteiger partial charge < -0.3 is 10.4 Å². The van der Waals surface area contributed by atoms with E-state index in [1.165, 1.54) is 17.3 Å². The summed E-state index contributed by atoms with van der Waals surface area (Å²) in [5, 5.41) is 17.4. The van der Waals surface area contributed by atoms with E-state index >= 15 is 0 Å². The predicted octanol–water partition coefficient (Wildman–Crippen LogP) is 2.35. The zero-order valence-electron chi connectivity index (χ0n) is 11.3. The first-order valence-electron chi connectivity index (χ1n) is 6.98. The molecule has 1 aromatic rings. The number of nitrogens with one attached hydrogen (secondary N) is 1. The van der Waals surface area contributed by atoms with Crippen molar-refractivity contribution in [2.75, 3.05) is 6.54 Å². The molecule has 1 aliphatic carbocycles. The van der Waals surface area contributed by atoms with Gasteiger partial charge in [0.2, 0.25) is 0 Å². The minimum absolute atomic E-state index is 0.248. The molecule has 3 unspecified atom stereocenters. The van der Waals surface area contributed by atoms with Crippen molar-refractivity contribution in [1.29, 1.82) is 0 Å². The fourth-order valence-electron chi connectivity index (χ4n) is 3.19. The van der Waals surface area contributed by atoms with Gasteiger partial charge in [0.25, 0.3) is 0 Å². The van der Waals surface area contributed by atoms with Gasteiger partial charge >= 0.3 is 6.09 Å². The minimum atomic E-state index is -1.04. The number of hydrogen-bond acceptors (Lipinski definition) is 4. The number of hydrogen-bond donors (Lipinski definition) is 2. The first kappa shape index (κ1) is 12.9. The van der Waals surface area contributed by atoms with Gasteiger partial charge in [-0.25, -0.2) is 4.79 Å². The second-order valence-electron chi connectivity index (χ2n) is 5.40. The maximum absolute atomic E-state index is 10.9. The average Bonchev–Trinajstić information content (AvgIpc) is 3.13. The summed E-state index contributed by atoms with van der Waals surface area (Å²) in [7, 11) is 0. The predicted molar refractivity (Wildman–Crippen MR) is 81.5 cm³/mol. The van der Waals surface area contributed by atoms with Crippen LogP contribution in [0.3, 0.4) is 0 Å². The Morgan fingerprint density at radius 2 is 2.33 bits per heavy atom. The summed E-state index contributed by atoms with van der Waals surface area (Å²) in [6.07, 6.45) is 9.98. The molecule has 0 saturated carbocycles. The van der Waals surface area contributed by atoms with Crippen LogP contribution < -0.4 is 5.32 Å². The molecule has 3 atom stereocenters. The lowest BCUT2D eigenvalue weighted by atomic mass is 9.88. The summed E-state index contributed by atoms with van der Waals surface area (Å²) >= 11 is 1.88. The average molecular weight is 301 g/mol. The topological polar surface area (TPSA) is 67.2 Å². The Morgan fingerprint density at radius 1 is 1.43 bits per heavy atom. The molecule has 4 rings (SSSR count). The number of rotatable bonds is 1. The fraction of sp³-hybridized carbons (Fsp3) is 0.333. The lowest BCUT2D eigenvalue weighted by Crippen LogP contribution is -2.40. The van der Waals surface area contributed by atoms with Crippen molar-refractivity contribution < 1.29 is 9.90 Å². The Balaban J connectivity index is 1.63. The van der Waals surface area contributed by atoms with E-state index in [2.05, 4.69) is 34.7 Å². The van der Waals surface area contributed by atoms with Gasteiger partial charge in [0.1, 0.15) is 0 Å². The second kappa shape index (κ2) is 4.89. The second-order valence-corrected chi connectivity index (χ2v) is 6.81. The van der Waals surface area contributed by atoms with Crippen molar-refractivity contribution in [3.63, 3.8) is 0 Å². The standard InChI is InChI=1S/C15H15N3O2S/c19-15(20)18-6-5-12(17-18)13-7-10-9-3-1-2-4-11(9)16-8-14(10)21-13/h1-6,11,13-14,16H,7-8H2,(H,19,20). The van der Waals surface area contributed by atoms with Crippen LogP contribution in [-0.2, 0) is 0 Å². The molecule has 1 saturated heterocycles. The molecular formula is C15H15N3O2S. The first-order valence-corrected chi connectivity index (χ1v) is 7.92. The summed E-state index contributed by atoms with van der Waals surface area (Å²) in [6, 6.07) is 2.15. The van der Waals surface area contributed by atoms with Crippen molar-refractivity contribution in [3.8, 4) is 0 Å². The van der Waals surface area contributed by atoms with Crippen LogP contribution in [0, 0.1) is 0 Å². The lowest BCUT2D eigenvalue weighted by molar-refractivity contribution is 0.192. The Kier molecular flexibility index (Phi) is 3.01. The molecule has 0 spiro atoms. The van der Waals surface area contributed by atoms with Gasteiger partial charge in [-0.05, 0) is 23.6 Å². The minimum Gasteiger partial charge on any atom is -0.463 e. The number of aromatic nitrogens is 2. The van der Waals surface area contributed by atoms with Gasteiger partial charge in [0.05, 0.1) is 17.0 Å². The molecule has 5 nitrogen and oxygen atoms in total. The Bertz CT molecular complexity index is 689. The largest absolute Gasteiger partial charge is 0.463 e. The van der Waals surface area contributed by atoms with Crippen LogP contribution in [0.25, 0.3) is 0 Å². The number of carboxylic acid groups (broad SMARTS) is 1. The maximum Gasteiger partial charge on any atom is 0.432 e. The third-order valence-electron chi connectivity index (χ3n) is 4.18. The molecule has 2 aliphatic heterocycles. The van der Waals surface area contributed by atoms with Crippen LogP contribution in [0.2, 0.25) is 0 Å². The molecule has 2 N–H and O–H groups in total. The molecule has 0 amide bonds. The van der Waals surface area contributed by atoms with Crippen molar-refractivity contribution in [2.45, 2.75) is 23.0 Å². The van der Waals surface area contributed by atoms with Crippen LogP contribution in [0.1, 0.15) is 17.4 Å². The van der Waals surface area contributed by atoms with E-state index in [9.17, 15) is 4.79 Å². The highest BCUT2D eigenvalue weighted by Crippen LogP contribution is 2.50. The summed E-state index contributed by atoms with van der Waals surface area (Å²) in [4.78, 5) is 10.9. The number of nitrogens with zero attached hydrogens (tertiary/aromatic N) is 2. The van der Waals surface area contributed by atoms with E-state index in [4.69, 9.17) is 5.11 Å². The van der Waals surface area contributed by atoms with Gasteiger partial charge in [-0.2, -0.15) is 9.78 Å². The summed E-state index contributed by atoms with van der Waals surface area (Å²) in [5.74, 6) is 0. The molecule has 3 heterocycles. The molecular weight excluding hydrogens is 286 g/mol. The molecule has 0 radical (unpaired) electrons. The zero-order valence-corrected chi connectivity index (χ0v) is 12.1. The normalized spacial score (nSPS) is 30.4. The van der Waals surface area contributed by atoms with E-state index in [1.54, 1.807) is 0 Å². The van der Waals surface area contributed by atoms with E-state index in [1.807, 2.05) is 17.8 Å². The third kappa shape index (κ3) is 2.15. The van der Waals surface area contributed by atoms with Crippen LogP contribution in [0.4, 0.5) is 4.79 Å². The van der Waals surface area contributed by atoms with Crippen molar-refractivity contribution in [3.05, 3.63) is 53.4 Å². The quantitative estimate of drug-likeness (QED) is 0.833. The molecule has 21 heavy (non-hydrogen) atoms. The zero-order chi connectivity index (χ0) is 14.4. The number of thioether (sulfide) groups is 1. The Morgan fingerprint density at radius 3 is 3.14 bits per heavy atom. The number of fused-ring (bicyclic) bond motifs is 2. The summed E-state index contributed by atoms with van der Waals surface area (Å²) in [6.45, 7) is 0.961. The highest BCUT2D eigenvalue weighted by molar-refractivity contribution is 8.00. The van der Waals surface area contributed by atoms with Gasteiger partial charge in [0, 0.05) is 18.0 Å². The Labute approximate surface area is 126 Å². The summed E-state index contributed by atoms with van der Waals surface area (Å²) in [5.41, 5.74) is 3.72. The molecule has 1 fully saturated rings. The van der Waals surface area contributed by atoms with Gasteiger partial charge in [-0.15, -0.1) is 11.8 Å². The number of carbonyl (C=O) groups is 1. The van der Waals surface area contributed by atoms with Crippen molar-refractivity contribution in [1.82, 2.24) is 15.1 Å². The van der Waals surface area contributed by atoms with E-state index in [0.29, 0.717) is 11.3 Å². The lowest BCUT2D eigenvalue weighted by Gasteiger charge is -2.29. The van der Waals surface area contributed by atoms with Crippen LogP contribution in [0.5, 0.6) is 0 Å². The highest BCUT2D eigenvalue weighted by atomic mass is 32.2. The maximum atomic E-state index is 10.9. The van der Waals surface area contributed by atoms with Crippen molar-refractivity contribution in [2.24, 2.45) is 0 Å². The van der Waals surface area contributed by atoms with E-state index in [-0.39, 0.29) is 5.25 Å².